The second kappa shape index (κ2) is 14.9. The SMILES string of the molecule is CC1=C(C(=O)NC2CCC(Nc3nc(N(C)C)c4ccccc4n3)CC2)C=C(c2ccccc2)C1CCSCc1c(F)cccc1Cl. The number of hydrogen-bond acceptors (Lipinski definition) is 6. The Morgan fingerprint density at radius 1 is 0.957 bits per heavy atom. The fourth-order valence-corrected chi connectivity index (χ4v) is 8.01. The number of aromatic nitrogens is 2. The first-order chi connectivity index (χ1) is 22.8. The minimum atomic E-state index is -0.268. The predicted molar refractivity (Wildman–Crippen MR) is 194 cm³/mol. The number of thioether (sulfide) groups is 1. The summed E-state index contributed by atoms with van der Waals surface area (Å²) < 4.78 is 14.3. The van der Waals surface area contributed by atoms with Crippen molar-refractivity contribution in [2.45, 2.75) is 56.9 Å². The molecule has 0 radical (unpaired) electrons. The number of para-hydroxylation sites is 1. The second-order valence-electron chi connectivity index (χ2n) is 12.6. The summed E-state index contributed by atoms with van der Waals surface area (Å²) in [7, 11) is 4.00. The molecule has 1 atom stereocenters. The number of fused-ring (bicyclic) bond motifs is 1. The molecule has 6 rings (SSSR count). The number of halogens is 2. The molecule has 1 amide bonds. The van der Waals surface area contributed by atoms with Gasteiger partial charge in [0.25, 0.3) is 5.91 Å². The van der Waals surface area contributed by atoms with Crippen LogP contribution >= 0.6 is 23.4 Å². The highest BCUT2D eigenvalue weighted by Gasteiger charge is 2.31. The first kappa shape index (κ1) is 33.0. The molecular weight excluding hydrogens is 629 g/mol. The van der Waals surface area contributed by atoms with E-state index in [1.54, 1.807) is 23.9 Å². The van der Waals surface area contributed by atoms with E-state index < -0.39 is 0 Å². The van der Waals surface area contributed by atoms with E-state index in [1.807, 2.05) is 61.5 Å². The minimum Gasteiger partial charge on any atom is -0.362 e. The Hall–Kier alpha value is -3.88. The normalized spacial score (nSPS) is 19.5. The molecular formula is C38H41ClFN5OS. The standard InChI is InChI=1S/C38H41ClFN5OS/c1-24-28(20-21-47-23-32-33(39)13-9-14-34(32)40)31(25-10-5-4-6-11-25)22-30(24)37(46)41-26-16-18-27(19-17-26)42-38-43-35-15-8-7-12-29(35)36(44-38)45(2)3/h4-15,22,26-28H,16-21,23H2,1-3H3,(H,41,46)(H,42,43,44). The van der Waals surface area contributed by atoms with E-state index in [-0.39, 0.29) is 29.7 Å². The molecule has 2 N–H and O–H groups in total. The molecule has 2 aliphatic carbocycles. The maximum absolute atomic E-state index is 14.3. The van der Waals surface area contributed by atoms with E-state index in [4.69, 9.17) is 21.6 Å². The van der Waals surface area contributed by atoms with Crippen LogP contribution in [-0.4, -0.2) is 47.8 Å². The zero-order chi connectivity index (χ0) is 32.9. The summed E-state index contributed by atoms with van der Waals surface area (Å²) in [5.74, 6) is 2.72. The van der Waals surface area contributed by atoms with Crippen molar-refractivity contribution in [3.05, 3.63) is 112 Å². The van der Waals surface area contributed by atoms with Crippen LogP contribution in [0.3, 0.4) is 0 Å². The molecule has 0 spiro atoms. The van der Waals surface area contributed by atoms with Gasteiger partial charge in [-0.25, -0.2) is 9.37 Å². The van der Waals surface area contributed by atoms with Crippen molar-refractivity contribution in [2.24, 2.45) is 5.92 Å². The smallest absolute Gasteiger partial charge is 0.251 e. The largest absolute Gasteiger partial charge is 0.362 e. The number of benzene rings is 3. The number of amides is 1. The Labute approximate surface area is 285 Å². The lowest BCUT2D eigenvalue weighted by atomic mass is 9.89. The predicted octanol–water partition coefficient (Wildman–Crippen LogP) is 8.68. The number of hydrogen-bond donors (Lipinski definition) is 2. The quantitative estimate of drug-likeness (QED) is 0.156. The molecule has 4 aromatic rings. The number of anilines is 2. The van der Waals surface area contributed by atoms with Crippen molar-refractivity contribution in [1.29, 1.82) is 0 Å². The molecule has 244 valence electrons. The summed E-state index contributed by atoms with van der Waals surface area (Å²) in [6.45, 7) is 2.08. The van der Waals surface area contributed by atoms with Crippen molar-refractivity contribution < 1.29 is 9.18 Å². The maximum Gasteiger partial charge on any atom is 0.251 e. The van der Waals surface area contributed by atoms with Gasteiger partial charge in [0.05, 0.1) is 5.52 Å². The van der Waals surface area contributed by atoms with Crippen molar-refractivity contribution in [2.75, 3.05) is 30.1 Å². The van der Waals surface area contributed by atoms with Crippen LogP contribution in [0.15, 0.2) is 90.0 Å². The Morgan fingerprint density at radius 3 is 2.43 bits per heavy atom. The van der Waals surface area contributed by atoms with Crippen molar-refractivity contribution in [3.8, 4) is 0 Å². The molecule has 1 aromatic heterocycles. The molecule has 9 heteroatoms. The Balaban J connectivity index is 1.08. The fraction of sp³-hybridized carbons (Fsp3) is 0.342. The highest BCUT2D eigenvalue weighted by Crippen LogP contribution is 2.41. The zero-order valence-corrected chi connectivity index (χ0v) is 28.7. The molecule has 1 unspecified atom stereocenters. The Kier molecular flexibility index (Phi) is 10.5. The van der Waals surface area contributed by atoms with Gasteiger partial charge in [0, 0.05) is 59.4 Å². The number of nitrogens with zero attached hydrogens (tertiary/aromatic N) is 3. The summed E-state index contributed by atoms with van der Waals surface area (Å²) in [5.41, 5.74) is 5.61. The van der Waals surface area contributed by atoms with Gasteiger partial charge < -0.3 is 15.5 Å². The van der Waals surface area contributed by atoms with Gasteiger partial charge in [-0.15, -0.1) is 0 Å². The lowest BCUT2D eigenvalue weighted by Crippen LogP contribution is -2.40. The van der Waals surface area contributed by atoms with Crippen LogP contribution in [0.1, 0.15) is 50.2 Å². The fourth-order valence-electron chi connectivity index (χ4n) is 6.66. The van der Waals surface area contributed by atoms with Crippen LogP contribution in [0.25, 0.3) is 16.5 Å². The molecule has 0 bridgehead atoms. The molecule has 0 saturated heterocycles. The van der Waals surface area contributed by atoms with Gasteiger partial charge in [0.2, 0.25) is 5.95 Å². The average Bonchev–Trinajstić information content (AvgIpc) is 3.40. The van der Waals surface area contributed by atoms with Crippen LogP contribution in [0.4, 0.5) is 16.2 Å². The highest BCUT2D eigenvalue weighted by molar-refractivity contribution is 7.98. The first-order valence-corrected chi connectivity index (χ1v) is 17.8. The van der Waals surface area contributed by atoms with Gasteiger partial charge >= 0.3 is 0 Å². The van der Waals surface area contributed by atoms with Crippen LogP contribution in [0, 0.1) is 11.7 Å². The summed E-state index contributed by atoms with van der Waals surface area (Å²) in [4.78, 5) is 25.3. The number of nitrogens with one attached hydrogen (secondary N) is 2. The summed E-state index contributed by atoms with van der Waals surface area (Å²) >= 11 is 7.92. The third-order valence-corrected chi connectivity index (χ3v) is 10.6. The minimum absolute atomic E-state index is 0.00545. The van der Waals surface area contributed by atoms with E-state index in [2.05, 4.69) is 35.8 Å². The zero-order valence-electron chi connectivity index (χ0n) is 27.1. The van der Waals surface area contributed by atoms with Crippen LogP contribution < -0.4 is 15.5 Å². The molecule has 47 heavy (non-hydrogen) atoms. The van der Waals surface area contributed by atoms with E-state index in [9.17, 15) is 9.18 Å². The van der Waals surface area contributed by atoms with E-state index in [0.717, 1.165) is 76.9 Å². The van der Waals surface area contributed by atoms with Gasteiger partial charge in [-0.2, -0.15) is 16.7 Å². The van der Waals surface area contributed by atoms with Gasteiger partial charge in [-0.3, -0.25) is 4.79 Å². The molecule has 6 nitrogen and oxygen atoms in total. The van der Waals surface area contributed by atoms with Crippen molar-refractivity contribution >= 4 is 57.5 Å². The van der Waals surface area contributed by atoms with Crippen LogP contribution in [0.5, 0.6) is 0 Å². The molecule has 0 aliphatic heterocycles. The molecule has 1 fully saturated rings. The maximum atomic E-state index is 14.3. The highest BCUT2D eigenvalue weighted by atomic mass is 35.5. The van der Waals surface area contributed by atoms with E-state index in [0.29, 0.717) is 22.3 Å². The van der Waals surface area contributed by atoms with Crippen molar-refractivity contribution in [3.63, 3.8) is 0 Å². The summed E-state index contributed by atoms with van der Waals surface area (Å²) in [6, 6.07) is 23.5. The Bertz CT molecular complexity index is 1780. The lowest BCUT2D eigenvalue weighted by molar-refractivity contribution is -0.118. The van der Waals surface area contributed by atoms with Crippen LogP contribution in [-0.2, 0) is 10.5 Å². The average molecular weight is 670 g/mol. The molecule has 2 aliphatic rings. The number of allylic oxidation sites excluding steroid dienone is 2. The van der Waals surface area contributed by atoms with E-state index in [1.165, 1.54) is 6.07 Å². The van der Waals surface area contributed by atoms with E-state index >= 15 is 0 Å². The second-order valence-corrected chi connectivity index (χ2v) is 14.1. The van der Waals surface area contributed by atoms with Gasteiger partial charge in [0.15, 0.2) is 0 Å². The monoisotopic (exact) mass is 669 g/mol. The number of rotatable bonds is 11. The van der Waals surface area contributed by atoms with Gasteiger partial charge in [-0.1, -0.05) is 65.7 Å². The third-order valence-electron chi connectivity index (χ3n) is 9.24. The van der Waals surface area contributed by atoms with Crippen molar-refractivity contribution in [1.82, 2.24) is 15.3 Å². The number of carbonyl (C=O) groups excluding carboxylic acids is 1. The van der Waals surface area contributed by atoms with Crippen LogP contribution in [0.2, 0.25) is 5.02 Å². The summed E-state index contributed by atoms with van der Waals surface area (Å²) in [5, 5.41) is 8.41. The molecule has 1 heterocycles. The Morgan fingerprint density at radius 2 is 1.68 bits per heavy atom. The first-order valence-electron chi connectivity index (χ1n) is 16.3. The molecule has 1 saturated carbocycles. The van der Waals surface area contributed by atoms with Gasteiger partial charge in [0.1, 0.15) is 11.6 Å². The van der Waals surface area contributed by atoms with Gasteiger partial charge in [-0.05, 0) is 86.3 Å². The lowest BCUT2D eigenvalue weighted by Gasteiger charge is -2.30. The topological polar surface area (TPSA) is 70.2 Å². The molecule has 3 aromatic carbocycles. The third kappa shape index (κ3) is 7.65. The number of carbonyl (C=O) groups is 1. The summed E-state index contributed by atoms with van der Waals surface area (Å²) in [6.07, 6.45) is 6.55.